The number of rotatable bonds is 4. The zero-order chi connectivity index (χ0) is 39.5. The van der Waals surface area contributed by atoms with Gasteiger partial charge < -0.3 is 9.64 Å². The van der Waals surface area contributed by atoms with Gasteiger partial charge in [-0.25, -0.2) is 0 Å². The lowest BCUT2D eigenvalue weighted by Gasteiger charge is -2.36. The maximum absolute atomic E-state index is 7.18. The number of hydrogen-bond donors (Lipinski definition) is 0. The first kappa shape index (κ1) is 34.6. The fraction of sp³-hybridized carbons (Fsp3) is 0.143. The second kappa shape index (κ2) is 12.4. The molecular weight excluding hydrogens is 703 g/mol. The molecule has 0 saturated heterocycles. The van der Waals surface area contributed by atoms with Crippen molar-refractivity contribution in [2.45, 2.75) is 52.4 Å². The molecule has 0 unspecified atom stereocenters. The molecule has 1 aliphatic heterocycles. The van der Waals surface area contributed by atoms with Crippen LogP contribution in [-0.2, 0) is 10.8 Å². The van der Waals surface area contributed by atoms with Crippen molar-refractivity contribution in [1.29, 1.82) is 0 Å². The van der Waals surface area contributed by atoms with Gasteiger partial charge in [-0.2, -0.15) is 0 Å². The fourth-order valence-corrected chi connectivity index (χ4v) is 9.90. The Morgan fingerprint density at radius 3 is 1.28 bits per heavy atom. The SMILES string of the molecule is Cc1ccc(-c2ccc3c(c2)C(C)(C)c2cc4c(cc2-3)N(c2ccccc2-c2ccccc2)c2cc3c(cc2O4)C(C)(C)c2cc(-c4ccc(C)cc4)ccc2-3)cc1. The van der Waals surface area contributed by atoms with Crippen LogP contribution in [0.2, 0.25) is 0 Å². The highest BCUT2D eigenvalue weighted by Crippen LogP contribution is 2.61. The van der Waals surface area contributed by atoms with E-state index in [1.165, 1.54) is 89.0 Å². The van der Waals surface area contributed by atoms with Crippen molar-refractivity contribution in [3.63, 3.8) is 0 Å². The second-order valence-electron chi connectivity index (χ2n) is 17.6. The van der Waals surface area contributed by atoms with E-state index in [0.29, 0.717) is 0 Å². The Morgan fingerprint density at radius 1 is 0.345 bits per heavy atom. The molecule has 0 fully saturated rings. The van der Waals surface area contributed by atoms with E-state index in [-0.39, 0.29) is 10.8 Å². The summed E-state index contributed by atoms with van der Waals surface area (Å²) in [5.74, 6) is 1.76. The second-order valence-corrected chi connectivity index (χ2v) is 17.6. The maximum atomic E-state index is 7.18. The van der Waals surface area contributed by atoms with Gasteiger partial charge in [-0.1, -0.05) is 160 Å². The standard InChI is InChI=1S/C56H45NO/c1-34-16-20-36(21-17-34)39-24-26-42-44-30-51-53(32-48(44)55(3,4)46(42)28-39)58-54-33-49-45(31-52(54)57(51)50-15-11-10-14-41(50)38-12-8-7-9-13-38)43-27-25-40(29-47(43)56(49,5)6)37-22-18-35(2)19-23-37/h7-33H,1-6H3. The largest absolute Gasteiger partial charge is 0.453 e. The minimum atomic E-state index is -0.215. The summed E-state index contributed by atoms with van der Waals surface area (Å²) in [5, 5.41) is 0. The van der Waals surface area contributed by atoms with Crippen LogP contribution < -0.4 is 9.64 Å². The Morgan fingerprint density at radius 2 is 0.776 bits per heavy atom. The first-order valence-electron chi connectivity index (χ1n) is 20.5. The molecule has 58 heavy (non-hydrogen) atoms. The molecule has 8 aromatic carbocycles. The quantitative estimate of drug-likeness (QED) is 0.178. The normalized spacial score (nSPS) is 14.8. The third-order valence-electron chi connectivity index (χ3n) is 13.2. The predicted octanol–water partition coefficient (Wildman–Crippen LogP) is 15.5. The Kier molecular flexibility index (Phi) is 7.41. The lowest BCUT2D eigenvalue weighted by Crippen LogP contribution is -2.20. The molecule has 2 heteroatoms. The molecule has 0 atom stereocenters. The van der Waals surface area contributed by atoms with E-state index >= 15 is 0 Å². The van der Waals surface area contributed by atoms with E-state index in [4.69, 9.17) is 4.74 Å². The van der Waals surface area contributed by atoms with Crippen molar-refractivity contribution in [2.75, 3.05) is 4.90 Å². The molecule has 0 saturated carbocycles. The first-order chi connectivity index (χ1) is 28.1. The van der Waals surface area contributed by atoms with Crippen molar-refractivity contribution in [2.24, 2.45) is 0 Å². The minimum absolute atomic E-state index is 0.215. The van der Waals surface area contributed by atoms with Gasteiger partial charge in [0.05, 0.1) is 17.1 Å². The highest BCUT2D eigenvalue weighted by atomic mass is 16.5. The average molecular weight is 748 g/mol. The van der Waals surface area contributed by atoms with E-state index in [0.717, 1.165) is 28.6 Å². The number of ether oxygens (including phenoxy) is 1. The van der Waals surface area contributed by atoms with Crippen molar-refractivity contribution in [3.8, 4) is 67.1 Å². The zero-order valence-electron chi connectivity index (χ0n) is 33.9. The van der Waals surface area contributed by atoms with Crippen molar-refractivity contribution in [3.05, 3.63) is 197 Å². The molecular formula is C56H45NO. The van der Waals surface area contributed by atoms with E-state index in [9.17, 15) is 0 Å². The molecule has 8 aromatic rings. The number of anilines is 3. The van der Waals surface area contributed by atoms with Gasteiger partial charge in [-0.15, -0.1) is 0 Å². The van der Waals surface area contributed by atoms with Crippen LogP contribution in [0.5, 0.6) is 11.5 Å². The Bertz CT molecular complexity index is 2810. The van der Waals surface area contributed by atoms with E-state index in [2.05, 4.69) is 210 Å². The Labute approximate surface area is 342 Å². The Balaban J connectivity index is 1.11. The summed E-state index contributed by atoms with van der Waals surface area (Å²) >= 11 is 0. The number of benzene rings is 8. The third kappa shape index (κ3) is 5.11. The van der Waals surface area contributed by atoms with Gasteiger partial charge in [0.1, 0.15) is 0 Å². The van der Waals surface area contributed by atoms with Gasteiger partial charge in [-0.05, 0) is 129 Å². The summed E-state index contributed by atoms with van der Waals surface area (Å²) in [6, 6.07) is 60.8. The van der Waals surface area contributed by atoms with Crippen LogP contribution in [0.15, 0.2) is 164 Å². The summed E-state index contributed by atoms with van der Waals surface area (Å²) in [5.41, 5.74) is 23.0. The van der Waals surface area contributed by atoms with Gasteiger partial charge in [0.15, 0.2) is 11.5 Å². The highest BCUT2D eigenvalue weighted by Gasteiger charge is 2.42. The summed E-state index contributed by atoms with van der Waals surface area (Å²) in [6.07, 6.45) is 0. The van der Waals surface area contributed by atoms with Gasteiger partial charge in [0.2, 0.25) is 0 Å². The lowest BCUT2D eigenvalue weighted by atomic mass is 9.81. The summed E-state index contributed by atoms with van der Waals surface area (Å²) < 4.78 is 7.18. The third-order valence-corrected chi connectivity index (χ3v) is 13.2. The summed E-state index contributed by atoms with van der Waals surface area (Å²) in [7, 11) is 0. The molecule has 0 N–H and O–H groups in total. The molecule has 2 aliphatic carbocycles. The number of hydrogen-bond acceptors (Lipinski definition) is 2. The number of fused-ring (bicyclic) bond motifs is 8. The highest BCUT2D eigenvalue weighted by molar-refractivity contribution is 5.99. The minimum Gasteiger partial charge on any atom is -0.453 e. The van der Waals surface area contributed by atoms with Crippen LogP contribution in [0.1, 0.15) is 61.1 Å². The molecule has 1 heterocycles. The van der Waals surface area contributed by atoms with Crippen LogP contribution in [-0.4, -0.2) is 0 Å². The average Bonchev–Trinajstić information content (AvgIpc) is 3.59. The first-order valence-corrected chi connectivity index (χ1v) is 20.5. The lowest BCUT2D eigenvalue weighted by molar-refractivity contribution is 0.473. The van der Waals surface area contributed by atoms with Crippen LogP contribution in [0.4, 0.5) is 17.1 Å². The van der Waals surface area contributed by atoms with Crippen molar-refractivity contribution < 1.29 is 4.74 Å². The molecule has 11 rings (SSSR count). The fourth-order valence-electron chi connectivity index (χ4n) is 9.90. The number of aryl methyl sites for hydroxylation is 2. The van der Waals surface area contributed by atoms with E-state index < -0.39 is 0 Å². The molecule has 0 aromatic heterocycles. The Hall–Kier alpha value is -6.64. The molecule has 2 nitrogen and oxygen atoms in total. The van der Waals surface area contributed by atoms with Crippen LogP contribution in [0.3, 0.4) is 0 Å². The van der Waals surface area contributed by atoms with Gasteiger partial charge in [0, 0.05) is 16.4 Å². The summed E-state index contributed by atoms with van der Waals surface area (Å²) in [4.78, 5) is 2.47. The number of nitrogens with zero attached hydrogens (tertiary/aromatic N) is 1. The summed E-state index contributed by atoms with van der Waals surface area (Å²) in [6.45, 7) is 13.7. The smallest absolute Gasteiger partial charge is 0.151 e. The predicted molar refractivity (Wildman–Crippen MR) is 242 cm³/mol. The van der Waals surface area contributed by atoms with Crippen molar-refractivity contribution >= 4 is 17.1 Å². The molecule has 0 amide bonds. The van der Waals surface area contributed by atoms with E-state index in [1.807, 2.05) is 0 Å². The van der Waals surface area contributed by atoms with Crippen LogP contribution in [0.25, 0.3) is 55.6 Å². The number of para-hydroxylation sites is 1. The van der Waals surface area contributed by atoms with Gasteiger partial charge >= 0.3 is 0 Å². The van der Waals surface area contributed by atoms with Crippen LogP contribution in [0, 0.1) is 13.8 Å². The van der Waals surface area contributed by atoms with E-state index in [1.54, 1.807) is 0 Å². The molecule has 280 valence electrons. The molecule has 0 radical (unpaired) electrons. The zero-order valence-corrected chi connectivity index (χ0v) is 33.9. The molecule has 0 spiro atoms. The molecule has 0 bridgehead atoms. The topological polar surface area (TPSA) is 12.5 Å². The monoisotopic (exact) mass is 747 g/mol. The van der Waals surface area contributed by atoms with Gasteiger partial charge in [-0.3, -0.25) is 0 Å². The van der Waals surface area contributed by atoms with Crippen LogP contribution >= 0.6 is 0 Å². The van der Waals surface area contributed by atoms with Crippen molar-refractivity contribution in [1.82, 2.24) is 0 Å². The molecule has 3 aliphatic rings. The maximum Gasteiger partial charge on any atom is 0.151 e. The van der Waals surface area contributed by atoms with Gasteiger partial charge in [0.25, 0.3) is 0 Å².